The van der Waals surface area contributed by atoms with Crippen molar-refractivity contribution in [2.45, 2.75) is 33.3 Å². The lowest BCUT2D eigenvalue weighted by atomic mass is 10.1. The second kappa shape index (κ2) is 11.6. The van der Waals surface area contributed by atoms with Gasteiger partial charge in [0.1, 0.15) is 12.3 Å². The average Bonchev–Trinajstić information content (AvgIpc) is 3.08. The van der Waals surface area contributed by atoms with Crippen LogP contribution in [0, 0.1) is 0 Å². The first kappa shape index (κ1) is 25.2. The van der Waals surface area contributed by atoms with Crippen molar-refractivity contribution in [3.63, 3.8) is 0 Å². The number of methoxy groups -OCH3 is 1. The van der Waals surface area contributed by atoms with E-state index in [2.05, 4.69) is 5.32 Å². The maximum atomic E-state index is 12.8. The molecule has 0 unspecified atom stereocenters. The standard InChI is InChI=1S/C25H28N2O6S/c1-5-16(3)33-20-12-11-17(13-21(20)32-6-2)14-22-24(29)27(25(30)34-22)15-23(28)26-18-9-7-8-10-19(18)31-4/h7-14,16H,5-6,15H2,1-4H3,(H,26,28)/b22-14+/t16-/m0/s1. The molecule has 9 heteroatoms. The summed E-state index contributed by atoms with van der Waals surface area (Å²) in [6.07, 6.45) is 2.49. The Hall–Kier alpha value is -3.46. The summed E-state index contributed by atoms with van der Waals surface area (Å²) in [5.74, 6) is 0.637. The lowest BCUT2D eigenvalue weighted by Gasteiger charge is -2.16. The maximum Gasteiger partial charge on any atom is 0.294 e. The van der Waals surface area contributed by atoms with Crippen molar-refractivity contribution in [1.29, 1.82) is 0 Å². The average molecular weight is 485 g/mol. The van der Waals surface area contributed by atoms with Gasteiger partial charge in [0.15, 0.2) is 11.5 Å². The van der Waals surface area contributed by atoms with E-state index in [-0.39, 0.29) is 11.0 Å². The van der Waals surface area contributed by atoms with Crippen LogP contribution >= 0.6 is 11.8 Å². The lowest BCUT2D eigenvalue weighted by Crippen LogP contribution is -2.36. The second-order valence-corrected chi connectivity index (χ2v) is 8.49. The van der Waals surface area contributed by atoms with E-state index in [1.165, 1.54) is 7.11 Å². The maximum absolute atomic E-state index is 12.8. The molecule has 2 aromatic carbocycles. The van der Waals surface area contributed by atoms with Crippen LogP contribution in [0.1, 0.15) is 32.8 Å². The van der Waals surface area contributed by atoms with Crippen LogP contribution in [0.4, 0.5) is 10.5 Å². The summed E-state index contributed by atoms with van der Waals surface area (Å²) in [6, 6.07) is 12.2. The van der Waals surface area contributed by atoms with Crippen LogP contribution in [0.2, 0.25) is 0 Å². The zero-order valence-electron chi connectivity index (χ0n) is 19.6. The van der Waals surface area contributed by atoms with Crippen molar-refractivity contribution < 1.29 is 28.6 Å². The van der Waals surface area contributed by atoms with Crippen LogP contribution in [0.5, 0.6) is 17.2 Å². The molecule has 180 valence electrons. The van der Waals surface area contributed by atoms with Gasteiger partial charge in [0.05, 0.1) is 30.4 Å². The summed E-state index contributed by atoms with van der Waals surface area (Å²) >= 11 is 0.792. The molecule has 1 atom stereocenters. The summed E-state index contributed by atoms with van der Waals surface area (Å²) in [5.41, 5.74) is 1.14. The van der Waals surface area contributed by atoms with Crippen molar-refractivity contribution in [2.24, 2.45) is 0 Å². The monoisotopic (exact) mass is 484 g/mol. The molecule has 0 aromatic heterocycles. The summed E-state index contributed by atoms with van der Waals surface area (Å²) in [5, 5.41) is 2.17. The van der Waals surface area contributed by atoms with Gasteiger partial charge in [0.2, 0.25) is 5.91 Å². The fourth-order valence-corrected chi connectivity index (χ4v) is 3.99. The van der Waals surface area contributed by atoms with Gasteiger partial charge < -0.3 is 19.5 Å². The number of nitrogens with one attached hydrogen (secondary N) is 1. The van der Waals surface area contributed by atoms with Crippen molar-refractivity contribution in [2.75, 3.05) is 25.6 Å². The van der Waals surface area contributed by atoms with Gasteiger partial charge in [0, 0.05) is 0 Å². The molecular weight excluding hydrogens is 456 g/mol. The Morgan fingerprint density at radius 2 is 1.88 bits per heavy atom. The molecule has 3 amide bonds. The van der Waals surface area contributed by atoms with Crippen LogP contribution in [0.3, 0.4) is 0 Å². The van der Waals surface area contributed by atoms with Gasteiger partial charge in [-0.25, -0.2) is 0 Å². The molecule has 1 N–H and O–H groups in total. The van der Waals surface area contributed by atoms with Crippen molar-refractivity contribution in [1.82, 2.24) is 4.90 Å². The molecule has 0 bridgehead atoms. The van der Waals surface area contributed by atoms with E-state index < -0.39 is 23.6 Å². The van der Waals surface area contributed by atoms with E-state index in [9.17, 15) is 14.4 Å². The third-order valence-corrected chi connectivity index (χ3v) is 5.93. The number of anilines is 1. The van der Waals surface area contributed by atoms with Crippen LogP contribution in [0.15, 0.2) is 47.4 Å². The van der Waals surface area contributed by atoms with Crippen LogP contribution in [-0.4, -0.2) is 48.3 Å². The first-order valence-electron chi connectivity index (χ1n) is 11.0. The van der Waals surface area contributed by atoms with Gasteiger partial charge in [-0.15, -0.1) is 0 Å². The third-order valence-electron chi connectivity index (χ3n) is 5.02. The molecule has 1 heterocycles. The number of carbonyl (C=O) groups excluding carboxylic acids is 3. The third kappa shape index (κ3) is 6.11. The number of hydrogen-bond donors (Lipinski definition) is 1. The van der Waals surface area contributed by atoms with Gasteiger partial charge in [0.25, 0.3) is 11.1 Å². The fraction of sp³-hybridized carbons (Fsp3) is 0.320. The Morgan fingerprint density at radius 1 is 1.12 bits per heavy atom. The lowest BCUT2D eigenvalue weighted by molar-refractivity contribution is -0.127. The number of thioether (sulfide) groups is 1. The number of carbonyl (C=O) groups is 3. The van der Waals surface area contributed by atoms with E-state index >= 15 is 0 Å². The summed E-state index contributed by atoms with van der Waals surface area (Å²) in [7, 11) is 1.49. The SMILES string of the molecule is CCOc1cc(/C=C2/SC(=O)N(CC(=O)Nc3ccccc3OC)C2=O)ccc1O[C@@H](C)CC. The molecule has 2 aromatic rings. The minimum Gasteiger partial charge on any atom is -0.495 e. The Morgan fingerprint density at radius 3 is 2.59 bits per heavy atom. The first-order chi connectivity index (χ1) is 16.4. The fourth-order valence-electron chi connectivity index (χ4n) is 3.15. The highest BCUT2D eigenvalue weighted by Gasteiger charge is 2.36. The van der Waals surface area contributed by atoms with E-state index in [0.29, 0.717) is 35.1 Å². The highest BCUT2D eigenvalue weighted by molar-refractivity contribution is 8.18. The Bertz CT molecular complexity index is 1100. The quantitative estimate of drug-likeness (QED) is 0.477. The van der Waals surface area contributed by atoms with Crippen molar-refractivity contribution >= 4 is 40.6 Å². The van der Waals surface area contributed by atoms with E-state index in [1.807, 2.05) is 20.8 Å². The number of ether oxygens (including phenoxy) is 3. The molecule has 0 aliphatic carbocycles. The van der Waals surface area contributed by atoms with Crippen LogP contribution in [-0.2, 0) is 9.59 Å². The summed E-state index contributed by atoms with van der Waals surface area (Å²) < 4.78 is 16.8. The molecule has 0 radical (unpaired) electrons. The normalized spacial score (nSPS) is 15.4. The number of hydrogen-bond acceptors (Lipinski definition) is 7. The molecule has 1 aliphatic rings. The highest BCUT2D eigenvalue weighted by atomic mass is 32.2. The van der Waals surface area contributed by atoms with Crippen LogP contribution < -0.4 is 19.5 Å². The number of imide groups is 1. The van der Waals surface area contributed by atoms with Gasteiger partial charge >= 0.3 is 0 Å². The van der Waals surface area contributed by atoms with Crippen molar-refractivity contribution in [3.05, 3.63) is 52.9 Å². The number of nitrogens with zero attached hydrogens (tertiary/aromatic N) is 1. The molecule has 1 saturated heterocycles. The molecule has 8 nitrogen and oxygen atoms in total. The number of amides is 3. The van der Waals surface area contributed by atoms with Gasteiger partial charge in [-0.1, -0.05) is 25.1 Å². The van der Waals surface area contributed by atoms with Crippen molar-refractivity contribution in [3.8, 4) is 17.2 Å². The largest absolute Gasteiger partial charge is 0.495 e. The molecule has 1 aliphatic heterocycles. The zero-order valence-corrected chi connectivity index (χ0v) is 20.4. The van der Waals surface area contributed by atoms with E-state index in [4.69, 9.17) is 14.2 Å². The Kier molecular flexibility index (Phi) is 8.59. The second-order valence-electron chi connectivity index (χ2n) is 7.49. The Balaban J connectivity index is 1.73. The molecule has 34 heavy (non-hydrogen) atoms. The minimum atomic E-state index is -0.525. The molecule has 1 fully saturated rings. The Labute approximate surface area is 203 Å². The predicted octanol–water partition coefficient (Wildman–Crippen LogP) is 4.95. The summed E-state index contributed by atoms with van der Waals surface area (Å²) in [6.45, 7) is 5.95. The van der Waals surface area contributed by atoms with Gasteiger partial charge in [-0.2, -0.15) is 0 Å². The number of para-hydroxylation sites is 2. The molecular formula is C25H28N2O6S. The smallest absolute Gasteiger partial charge is 0.294 e. The minimum absolute atomic E-state index is 0.0311. The van der Waals surface area contributed by atoms with Gasteiger partial charge in [-0.3, -0.25) is 19.3 Å². The molecule has 0 spiro atoms. The van der Waals surface area contributed by atoms with E-state index in [1.54, 1.807) is 48.5 Å². The van der Waals surface area contributed by atoms with Crippen LogP contribution in [0.25, 0.3) is 6.08 Å². The molecule has 0 saturated carbocycles. The first-order valence-corrected chi connectivity index (χ1v) is 11.8. The molecule has 3 rings (SSSR count). The predicted molar refractivity (Wildman–Crippen MR) is 132 cm³/mol. The number of rotatable bonds is 10. The van der Waals surface area contributed by atoms with Gasteiger partial charge in [-0.05, 0) is 67.9 Å². The number of benzene rings is 2. The zero-order chi connectivity index (χ0) is 24.7. The highest BCUT2D eigenvalue weighted by Crippen LogP contribution is 2.35. The topological polar surface area (TPSA) is 94.2 Å². The summed E-state index contributed by atoms with van der Waals surface area (Å²) in [4.78, 5) is 38.9. The van der Waals surface area contributed by atoms with E-state index in [0.717, 1.165) is 23.1 Å².